The van der Waals surface area contributed by atoms with E-state index >= 15 is 0 Å². The van der Waals surface area contributed by atoms with Crippen molar-refractivity contribution in [3.05, 3.63) is 66.4 Å². The summed E-state index contributed by atoms with van der Waals surface area (Å²) >= 11 is 0. The Bertz CT molecular complexity index is 761. The largest absolute Gasteiger partial charge is 0.399 e. The topological polar surface area (TPSA) is 82.2 Å². The van der Waals surface area contributed by atoms with Crippen molar-refractivity contribution in [3.8, 4) is 6.07 Å². The fourth-order valence-electron chi connectivity index (χ4n) is 2.26. The Kier molecular flexibility index (Phi) is 6.61. The number of nitrogens with one attached hydrogen (secondary N) is 1. The van der Waals surface area contributed by atoms with Gasteiger partial charge in [-0.1, -0.05) is 31.5 Å². The number of unbranched alkanes of at least 4 members (excludes halogenated alkanes) is 1. The van der Waals surface area contributed by atoms with Gasteiger partial charge in [-0.05, 0) is 42.8 Å². The number of hydrogen-bond donors (Lipinski definition) is 2. The van der Waals surface area contributed by atoms with Crippen LogP contribution < -0.4 is 16.0 Å². The van der Waals surface area contributed by atoms with Gasteiger partial charge in [-0.3, -0.25) is 4.79 Å². The van der Waals surface area contributed by atoms with Crippen LogP contribution >= 0.6 is 0 Å². The monoisotopic (exact) mass is 334 g/mol. The van der Waals surface area contributed by atoms with Crippen LogP contribution in [0.2, 0.25) is 0 Å². The summed E-state index contributed by atoms with van der Waals surface area (Å²) < 4.78 is 0. The van der Waals surface area contributed by atoms with Gasteiger partial charge in [0.15, 0.2) is 0 Å². The van der Waals surface area contributed by atoms with Crippen molar-refractivity contribution < 1.29 is 4.79 Å². The summed E-state index contributed by atoms with van der Waals surface area (Å²) in [5.74, 6) is -0.368. The highest BCUT2D eigenvalue weighted by Gasteiger charge is 2.13. The number of para-hydroxylation sites is 1. The molecule has 0 saturated carbocycles. The lowest BCUT2D eigenvalue weighted by atomic mass is 10.2. The SMILES string of the molecule is CCCCNC(=O)/C(C#N)=C\N(c1ccccc1)c1ccc(N)cc1. The minimum Gasteiger partial charge on any atom is -0.399 e. The molecule has 0 bridgehead atoms. The molecule has 0 heterocycles. The predicted molar refractivity (Wildman–Crippen MR) is 101 cm³/mol. The zero-order valence-corrected chi connectivity index (χ0v) is 14.3. The molecule has 1 amide bonds. The first-order valence-corrected chi connectivity index (χ1v) is 8.25. The molecule has 2 aromatic carbocycles. The second-order valence-electron chi connectivity index (χ2n) is 5.56. The van der Waals surface area contributed by atoms with E-state index < -0.39 is 0 Å². The lowest BCUT2D eigenvalue weighted by molar-refractivity contribution is -0.117. The van der Waals surface area contributed by atoms with Crippen molar-refractivity contribution in [3.63, 3.8) is 0 Å². The van der Waals surface area contributed by atoms with Gasteiger partial charge in [0.1, 0.15) is 11.6 Å². The van der Waals surface area contributed by atoms with Crippen LogP contribution in [-0.2, 0) is 4.79 Å². The minimum absolute atomic E-state index is 0.0526. The number of rotatable bonds is 7. The third-order valence-corrected chi connectivity index (χ3v) is 3.64. The molecule has 5 heteroatoms. The molecular weight excluding hydrogens is 312 g/mol. The fraction of sp³-hybridized carbons (Fsp3) is 0.200. The normalized spacial score (nSPS) is 10.8. The Hall–Kier alpha value is -3.26. The maximum Gasteiger partial charge on any atom is 0.263 e. The van der Waals surface area contributed by atoms with E-state index in [-0.39, 0.29) is 11.5 Å². The average molecular weight is 334 g/mol. The van der Waals surface area contributed by atoms with Gasteiger partial charge in [-0.25, -0.2) is 0 Å². The Morgan fingerprint density at radius 1 is 1.16 bits per heavy atom. The van der Waals surface area contributed by atoms with E-state index in [1.54, 1.807) is 23.2 Å². The third-order valence-electron chi connectivity index (χ3n) is 3.64. The lowest BCUT2D eigenvalue weighted by Crippen LogP contribution is -2.26. The summed E-state index contributed by atoms with van der Waals surface area (Å²) in [6.07, 6.45) is 3.42. The van der Waals surface area contributed by atoms with E-state index in [1.807, 2.05) is 55.5 Å². The molecule has 0 radical (unpaired) electrons. The summed E-state index contributed by atoms with van der Waals surface area (Å²) in [7, 11) is 0. The van der Waals surface area contributed by atoms with Crippen LogP contribution in [0.1, 0.15) is 19.8 Å². The highest BCUT2D eigenvalue weighted by molar-refractivity contribution is 5.98. The van der Waals surface area contributed by atoms with Crippen LogP contribution in [0, 0.1) is 11.3 Å². The molecule has 0 aliphatic carbocycles. The van der Waals surface area contributed by atoms with Crippen LogP contribution in [0.3, 0.4) is 0 Å². The first kappa shape index (κ1) is 18.1. The number of amides is 1. The van der Waals surface area contributed by atoms with Crippen LogP contribution in [0.25, 0.3) is 0 Å². The minimum atomic E-state index is -0.368. The quantitative estimate of drug-likeness (QED) is 0.350. The molecule has 0 atom stereocenters. The number of nitrogens with zero attached hydrogens (tertiary/aromatic N) is 2. The van der Waals surface area contributed by atoms with Crippen LogP contribution in [0.15, 0.2) is 66.4 Å². The Morgan fingerprint density at radius 3 is 2.40 bits per heavy atom. The number of nitriles is 1. The molecule has 0 saturated heterocycles. The number of carbonyl (C=O) groups is 1. The predicted octanol–water partition coefficient (Wildman–Crippen LogP) is 3.73. The van der Waals surface area contributed by atoms with Gasteiger partial charge < -0.3 is 16.0 Å². The molecule has 0 spiro atoms. The van der Waals surface area contributed by atoms with Gasteiger partial charge in [0.2, 0.25) is 0 Å². The Labute approximate surface area is 148 Å². The number of anilines is 3. The van der Waals surface area contributed by atoms with Crippen LogP contribution in [0.4, 0.5) is 17.1 Å². The third kappa shape index (κ3) is 5.11. The molecular formula is C20H22N4O. The fourth-order valence-corrected chi connectivity index (χ4v) is 2.26. The van der Waals surface area contributed by atoms with Gasteiger partial charge in [-0.15, -0.1) is 0 Å². The molecule has 0 aromatic heterocycles. The summed E-state index contributed by atoms with van der Waals surface area (Å²) in [6.45, 7) is 2.60. The second-order valence-corrected chi connectivity index (χ2v) is 5.56. The van der Waals surface area contributed by atoms with Crippen LogP contribution in [-0.4, -0.2) is 12.5 Å². The maximum absolute atomic E-state index is 12.3. The first-order chi connectivity index (χ1) is 12.2. The molecule has 2 aromatic rings. The van der Waals surface area contributed by atoms with E-state index in [0.717, 1.165) is 24.2 Å². The van der Waals surface area contributed by atoms with E-state index in [1.165, 1.54) is 0 Å². The average Bonchev–Trinajstić information content (AvgIpc) is 2.64. The number of hydrogen-bond acceptors (Lipinski definition) is 4. The zero-order chi connectivity index (χ0) is 18.1. The van der Waals surface area contributed by atoms with Gasteiger partial charge >= 0.3 is 0 Å². The number of nitrogens with two attached hydrogens (primary N) is 1. The van der Waals surface area contributed by atoms with Gasteiger partial charge in [0.05, 0.1) is 0 Å². The van der Waals surface area contributed by atoms with Crippen molar-refractivity contribution in [2.24, 2.45) is 0 Å². The van der Waals surface area contributed by atoms with Crippen molar-refractivity contribution in [2.45, 2.75) is 19.8 Å². The van der Waals surface area contributed by atoms with Crippen molar-refractivity contribution in [1.29, 1.82) is 5.26 Å². The van der Waals surface area contributed by atoms with Gasteiger partial charge in [0, 0.05) is 29.8 Å². The number of benzene rings is 2. The standard InChI is InChI=1S/C20H22N4O/c1-2-3-13-23-20(25)16(14-21)15-24(18-7-5-4-6-8-18)19-11-9-17(22)10-12-19/h4-12,15H,2-3,13,22H2,1H3,(H,23,25)/b16-15-. The zero-order valence-electron chi connectivity index (χ0n) is 14.3. The highest BCUT2D eigenvalue weighted by atomic mass is 16.1. The lowest BCUT2D eigenvalue weighted by Gasteiger charge is -2.21. The Balaban J connectivity index is 2.36. The van der Waals surface area contributed by atoms with Crippen molar-refractivity contribution >= 4 is 23.0 Å². The molecule has 128 valence electrons. The summed E-state index contributed by atoms with van der Waals surface area (Å²) in [5, 5.41) is 12.2. The van der Waals surface area contributed by atoms with Crippen molar-refractivity contribution in [1.82, 2.24) is 5.32 Å². The summed E-state index contributed by atoms with van der Waals surface area (Å²) in [5.41, 5.74) is 8.13. The van der Waals surface area contributed by atoms with E-state index in [9.17, 15) is 10.1 Å². The summed E-state index contributed by atoms with van der Waals surface area (Å²) in [6, 6.07) is 18.8. The number of nitrogen functional groups attached to an aromatic ring is 1. The molecule has 0 unspecified atom stereocenters. The van der Waals surface area contributed by atoms with Gasteiger partial charge in [0.25, 0.3) is 5.91 Å². The number of carbonyl (C=O) groups excluding carboxylic acids is 1. The molecule has 3 N–H and O–H groups in total. The highest BCUT2D eigenvalue weighted by Crippen LogP contribution is 2.27. The second kappa shape index (κ2) is 9.14. The molecule has 25 heavy (non-hydrogen) atoms. The maximum atomic E-state index is 12.3. The first-order valence-electron chi connectivity index (χ1n) is 8.25. The molecule has 0 fully saturated rings. The molecule has 0 aliphatic rings. The van der Waals surface area contributed by atoms with E-state index in [4.69, 9.17) is 5.73 Å². The Morgan fingerprint density at radius 2 is 1.80 bits per heavy atom. The van der Waals surface area contributed by atoms with Gasteiger partial charge in [-0.2, -0.15) is 5.26 Å². The van der Waals surface area contributed by atoms with Crippen molar-refractivity contribution in [2.75, 3.05) is 17.2 Å². The van der Waals surface area contributed by atoms with E-state index in [2.05, 4.69) is 5.32 Å². The molecule has 2 rings (SSSR count). The van der Waals surface area contributed by atoms with Crippen LogP contribution in [0.5, 0.6) is 0 Å². The molecule has 0 aliphatic heterocycles. The summed E-state index contributed by atoms with van der Waals surface area (Å²) in [4.78, 5) is 14.1. The molecule has 5 nitrogen and oxygen atoms in total. The van der Waals surface area contributed by atoms with E-state index in [0.29, 0.717) is 12.2 Å². The smallest absolute Gasteiger partial charge is 0.263 e.